The molecule has 0 fully saturated rings. The van der Waals surface area contributed by atoms with Crippen molar-refractivity contribution in [3.8, 4) is 0 Å². The van der Waals surface area contributed by atoms with Crippen LogP contribution >= 0.6 is 11.8 Å². The summed E-state index contributed by atoms with van der Waals surface area (Å²) in [6.07, 6.45) is 4.46. The lowest BCUT2D eigenvalue weighted by atomic mass is 10.0. The number of nitrogens with two attached hydrogens (primary N) is 1. The maximum absolute atomic E-state index is 9.03. The van der Waals surface area contributed by atoms with Crippen molar-refractivity contribution in [2.75, 3.05) is 25.2 Å². The molecule has 0 aromatic rings. The second kappa shape index (κ2) is 9.46. The fourth-order valence-electron chi connectivity index (χ4n) is 1.44. The fraction of sp³-hybridized carbons (Fsp3) is 1.00. The minimum atomic E-state index is 0.232. The van der Waals surface area contributed by atoms with Gasteiger partial charge in [0.25, 0.3) is 0 Å². The first-order chi connectivity index (χ1) is 7.15. The highest BCUT2D eigenvalue weighted by atomic mass is 32.2. The summed E-state index contributed by atoms with van der Waals surface area (Å²) < 4.78 is 0. The molecule has 3 unspecified atom stereocenters. The number of hydrogen-bond donors (Lipinski definition) is 3. The highest BCUT2D eigenvalue weighted by Crippen LogP contribution is 2.06. The standard InChI is InChI=1S/C11H26N2OS/c1-9(8-14)10(2)13-11(7-12)5-4-6-15-3/h9-11,13-14H,4-8,12H2,1-3H3. The predicted molar refractivity (Wildman–Crippen MR) is 69.3 cm³/mol. The van der Waals surface area contributed by atoms with Crippen molar-refractivity contribution in [3.63, 3.8) is 0 Å². The van der Waals surface area contributed by atoms with E-state index in [9.17, 15) is 0 Å². The van der Waals surface area contributed by atoms with E-state index in [-0.39, 0.29) is 6.61 Å². The van der Waals surface area contributed by atoms with Crippen LogP contribution in [0, 0.1) is 5.92 Å². The SMILES string of the molecule is CSCCCC(CN)NC(C)C(C)CO. The monoisotopic (exact) mass is 234 g/mol. The van der Waals surface area contributed by atoms with Gasteiger partial charge in [-0.2, -0.15) is 11.8 Å². The topological polar surface area (TPSA) is 58.3 Å². The Morgan fingerprint density at radius 2 is 2.07 bits per heavy atom. The molecule has 0 aliphatic carbocycles. The lowest BCUT2D eigenvalue weighted by Gasteiger charge is -2.25. The molecule has 92 valence electrons. The van der Waals surface area contributed by atoms with Gasteiger partial charge in [0.15, 0.2) is 0 Å². The van der Waals surface area contributed by atoms with E-state index < -0.39 is 0 Å². The van der Waals surface area contributed by atoms with Crippen LogP contribution in [0.4, 0.5) is 0 Å². The molecule has 0 spiro atoms. The van der Waals surface area contributed by atoms with Gasteiger partial charge in [-0.1, -0.05) is 6.92 Å². The molecule has 3 nitrogen and oxygen atoms in total. The van der Waals surface area contributed by atoms with Crippen molar-refractivity contribution in [3.05, 3.63) is 0 Å². The highest BCUT2D eigenvalue weighted by molar-refractivity contribution is 7.98. The van der Waals surface area contributed by atoms with Crippen LogP contribution in [0.15, 0.2) is 0 Å². The van der Waals surface area contributed by atoms with Gasteiger partial charge in [0.05, 0.1) is 0 Å². The van der Waals surface area contributed by atoms with Crippen LogP contribution in [0.3, 0.4) is 0 Å². The Kier molecular flexibility index (Phi) is 9.60. The fourth-order valence-corrected chi connectivity index (χ4v) is 1.89. The van der Waals surface area contributed by atoms with E-state index in [1.165, 1.54) is 12.2 Å². The van der Waals surface area contributed by atoms with Crippen molar-refractivity contribution < 1.29 is 5.11 Å². The van der Waals surface area contributed by atoms with E-state index in [4.69, 9.17) is 10.8 Å². The minimum absolute atomic E-state index is 0.232. The van der Waals surface area contributed by atoms with Gasteiger partial charge in [-0.05, 0) is 37.7 Å². The molecular weight excluding hydrogens is 208 g/mol. The van der Waals surface area contributed by atoms with Crippen molar-refractivity contribution >= 4 is 11.8 Å². The second-order valence-corrected chi connectivity index (χ2v) is 5.17. The molecule has 0 aromatic carbocycles. The van der Waals surface area contributed by atoms with Crippen molar-refractivity contribution in [2.24, 2.45) is 11.7 Å². The van der Waals surface area contributed by atoms with Crippen LogP contribution in [-0.4, -0.2) is 42.4 Å². The van der Waals surface area contributed by atoms with Crippen LogP contribution in [0.1, 0.15) is 26.7 Å². The number of aliphatic hydroxyl groups excluding tert-OH is 1. The van der Waals surface area contributed by atoms with Gasteiger partial charge in [-0.15, -0.1) is 0 Å². The molecule has 0 saturated carbocycles. The van der Waals surface area contributed by atoms with Crippen LogP contribution in [-0.2, 0) is 0 Å². The van der Waals surface area contributed by atoms with E-state index in [1.54, 1.807) is 0 Å². The lowest BCUT2D eigenvalue weighted by molar-refractivity contribution is 0.200. The molecule has 0 heterocycles. The Balaban J connectivity index is 3.76. The highest BCUT2D eigenvalue weighted by Gasteiger charge is 2.15. The van der Waals surface area contributed by atoms with Crippen LogP contribution < -0.4 is 11.1 Å². The van der Waals surface area contributed by atoms with Crippen molar-refractivity contribution in [1.82, 2.24) is 5.32 Å². The summed E-state index contributed by atoms with van der Waals surface area (Å²) in [6, 6.07) is 0.721. The smallest absolute Gasteiger partial charge is 0.0471 e. The summed E-state index contributed by atoms with van der Waals surface area (Å²) in [4.78, 5) is 0. The van der Waals surface area contributed by atoms with E-state index in [0.29, 0.717) is 24.5 Å². The molecule has 0 rings (SSSR count). The summed E-state index contributed by atoms with van der Waals surface area (Å²) in [5, 5.41) is 12.5. The van der Waals surface area contributed by atoms with Gasteiger partial charge < -0.3 is 16.2 Å². The quantitative estimate of drug-likeness (QED) is 0.522. The average Bonchev–Trinajstić information content (AvgIpc) is 2.26. The van der Waals surface area contributed by atoms with Gasteiger partial charge in [-0.25, -0.2) is 0 Å². The summed E-state index contributed by atoms with van der Waals surface area (Å²) in [6.45, 7) is 5.07. The second-order valence-electron chi connectivity index (χ2n) is 4.18. The third-order valence-electron chi connectivity index (χ3n) is 2.83. The Morgan fingerprint density at radius 3 is 2.53 bits per heavy atom. The third kappa shape index (κ3) is 7.17. The number of aliphatic hydroxyl groups is 1. The summed E-state index contributed by atoms with van der Waals surface area (Å²) >= 11 is 1.88. The molecule has 0 aromatic heterocycles. The first-order valence-electron chi connectivity index (χ1n) is 5.71. The number of thioether (sulfide) groups is 1. The average molecular weight is 234 g/mol. The molecule has 0 aliphatic heterocycles. The lowest BCUT2D eigenvalue weighted by Crippen LogP contribution is -2.45. The molecule has 4 heteroatoms. The van der Waals surface area contributed by atoms with Gasteiger partial charge >= 0.3 is 0 Å². The minimum Gasteiger partial charge on any atom is -0.396 e. The van der Waals surface area contributed by atoms with Crippen LogP contribution in [0.5, 0.6) is 0 Å². The molecular formula is C11H26N2OS. The molecule has 0 amide bonds. The molecule has 0 saturated heterocycles. The first kappa shape index (κ1) is 15.2. The molecule has 3 atom stereocenters. The molecule has 0 aliphatic rings. The van der Waals surface area contributed by atoms with E-state index in [0.717, 1.165) is 6.42 Å². The van der Waals surface area contributed by atoms with Gasteiger partial charge in [0.1, 0.15) is 0 Å². The third-order valence-corrected chi connectivity index (χ3v) is 3.52. The summed E-state index contributed by atoms with van der Waals surface area (Å²) in [5.74, 6) is 1.49. The van der Waals surface area contributed by atoms with Gasteiger partial charge in [0.2, 0.25) is 0 Å². The maximum Gasteiger partial charge on any atom is 0.0471 e. The Bertz CT molecular complexity index is 147. The van der Waals surface area contributed by atoms with Crippen LogP contribution in [0.25, 0.3) is 0 Å². The molecule has 15 heavy (non-hydrogen) atoms. The Hall–Kier alpha value is 0.230. The van der Waals surface area contributed by atoms with E-state index in [1.807, 2.05) is 18.7 Å². The number of hydrogen-bond acceptors (Lipinski definition) is 4. The van der Waals surface area contributed by atoms with Gasteiger partial charge in [0, 0.05) is 25.2 Å². The van der Waals surface area contributed by atoms with E-state index in [2.05, 4.69) is 18.5 Å². The normalized spacial score (nSPS) is 17.4. The Morgan fingerprint density at radius 1 is 1.40 bits per heavy atom. The zero-order valence-corrected chi connectivity index (χ0v) is 11.0. The molecule has 0 radical (unpaired) electrons. The summed E-state index contributed by atoms with van der Waals surface area (Å²) in [7, 11) is 0. The zero-order chi connectivity index (χ0) is 11.7. The Labute approximate surface area is 98.2 Å². The van der Waals surface area contributed by atoms with Crippen LogP contribution in [0.2, 0.25) is 0 Å². The van der Waals surface area contributed by atoms with E-state index >= 15 is 0 Å². The zero-order valence-electron chi connectivity index (χ0n) is 10.2. The van der Waals surface area contributed by atoms with Crippen molar-refractivity contribution in [2.45, 2.75) is 38.8 Å². The maximum atomic E-state index is 9.03. The first-order valence-corrected chi connectivity index (χ1v) is 7.11. The predicted octanol–water partition coefficient (Wildman–Crippen LogP) is 1.06. The largest absolute Gasteiger partial charge is 0.396 e. The summed E-state index contributed by atoms with van der Waals surface area (Å²) in [5.41, 5.74) is 5.71. The number of nitrogens with one attached hydrogen (secondary N) is 1. The van der Waals surface area contributed by atoms with Crippen molar-refractivity contribution in [1.29, 1.82) is 0 Å². The molecule has 0 bridgehead atoms. The van der Waals surface area contributed by atoms with Gasteiger partial charge in [-0.3, -0.25) is 0 Å². The number of rotatable bonds is 9. The molecule has 4 N–H and O–H groups in total.